The number of rotatable bonds is 6. The molecule has 0 aliphatic heterocycles. The van der Waals surface area contributed by atoms with Crippen LogP contribution < -0.4 is 9.70 Å². The molecule has 1 amide bonds. The third kappa shape index (κ3) is 4.26. The van der Waals surface area contributed by atoms with Crippen LogP contribution in [-0.2, 0) is 11.3 Å². The Kier molecular flexibility index (Phi) is 6.03. The van der Waals surface area contributed by atoms with Crippen LogP contribution in [0.25, 0.3) is 10.2 Å². The van der Waals surface area contributed by atoms with Gasteiger partial charge in [-0.25, -0.2) is 4.39 Å². The van der Waals surface area contributed by atoms with E-state index in [1.165, 1.54) is 17.4 Å². The van der Waals surface area contributed by atoms with Crippen molar-refractivity contribution in [1.29, 1.82) is 0 Å². The van der Waals surface area contributed by atoms with Gasteiger partial charge in [0.15, 0.2) is 4.80 Å². The lowest BCUT2D eigenvalue weighted by molar-refractivity contribution is 0.0996. The lowest BCUT2D eigenvalue weighted by Gasteiger charge is -2.11. The van der Waals surface area contributed by atoms with E-state index in [-0.39, 0.29) is 11.7 Å². The fourth-order valence-corrected chi connectivity index (χ4v) is 3.80. The van der Waals surface area contributed by atoms with E-state index in [4.69, 9.17) is 4.74 Å². The molecule has 1 aromatic heterocycles. The van der Waals surface area contributed by atoms with E-state index in [0.29, 0.717) is 35.6 Å². The predicted octanol–water partition coefficient (Wildman–Crippen LogP) is 3.69. The maximum atomic E-state index is 14.4. The average molecular weight is 387 g/mol. The number of aromatic nitrogens is 1. The summed E-state index contributed by atoms with van der Waals surface area (Å²) in [5.74, 6) is -0.679. The second kappa shape index (κ2) is 8.45. The Labute approximate surface area is 161 Å². The molecule has 0 saturated heterocycles. The molecule has 0 aliphatic carbocycles. The molecule has 142 valence electrons. The van der Waals surface area contributed by atoms with Crippen LogP contribution in [0.1, 0.15) is 17.3 Å². The first-order valence-corrected chi connectivity index (χ1v) is 9.55. The van der Waals surface area contributed by atoms with Crippen molar-refractivity contribution in [3.63, 3.8) is 0 Å². The Morgan fingerprint density at radius 1 is 1.22 bits per heavy atom. The molecule has 27 heavy (non-hydrogen) atoms. The number of nitrogens with zero attached hydrogens (tertiary/aromatic N) is 3. The van der Waals surface area contributed by atoms with Crippen LogP contribution >= 0.6 is 11.3 Å². The molecule has 0 spiro atoms. The number of ether oxygens (including phenoxy) is 1. The van der Waals surface area contributed by atoms with Gasteiger partial charge < -0.3 is 14.2 Å². The molecule has 0 saturated carbocycles. The van der Waals surface area contributed by atoms with Crippen molar-refractivity contribution >= 4 is 33.1 Å². The van der Waals surface area contributed by atoms with Crippen molar-refractivity contribution in [2.45, 2.75) is 13.5 Å². The zero-order valence-corrected chi connectivity index (χ0v) is 16.4. The number of hydrogen-bond donors (Lipinski definition) is 0. The van der Waals surface area contributed by atoms with Gasteiger partial charge in [-0.3, -0.25) is 4.79 Å². The first-order valence-electron chi connectivity index (χ1n) is 8.73. The smallest absolute Gasteiger partial charge is 0.279 e. The van der Waals surface area contributed by atoms with E-state index in [9.17, 15) is 9.18 Å². The van der Waals surface area contributed by atoms with Crippen molar-refractivity contribution in [2.75, 3.05) is 32.2 Å². The molecular formula is C20H22FN3O2S. The predicted molar refractivity (Wildman–Crippen MR) is 107 cm³/mol. The number of carbonyl (C=O) groups excluding carboxylic acids is 1. The minimum atomic E-state index is -0.350. The molecular weight excluding hydrogens is 365 g/mol. The number of amides is 1. The summed E-state index contributed by atoms with van der Waals surface area (Å²) in [5, 5.41) is 0. The standard InChI is InChI=1S/C20H22FN3O2S/c1-4-26-13-12-24-18-16(21)6-5-7-17(18)27-20(24)22-19(25)14-8-10-15(11-9-14)23(2)3/h5-11H,4,12-13H2,1-3H3. The summed E-state index contributed by atoms with van der Waals surface area (Å²) in [6.45, 7) is 3.34. The number of benzene rings is 2. The Morgan fingerprint density at radius 3 is 2.63 bits per heavy atom. The molecule has 5 nitrogen and oxygen atoms in total. The third-order valence-corrected chi connectivity index (χ3v) is 5.19. The first kappa shape index (κ1) is 19.3. The highest BCUT2D eigenvalue weighted by atomic mass is 32.1. The van der Waals surface area contributed by atoms with E-state index in [2.05, 4.69) is 4.99 Å². The molecule has 0 fully saturated rings. The molecule has 0 unspecified atom stereocenters. The van der Waals surface area contributed by atoms with Gasteiger partial charge in [0.1, 0.15) is 5.82 Å². The summed E-state index contributed by atoms with van der Waals surface area (Å²) in [4.78, 5) is 19.3. The molecule has 0 N–H and O–H groups in total. The van der Waals surface area contributed by atoms with Crippen molar-refractivity contribution in [3.05, 3.63) is 58.6 Å². The highest BCUT2D eigenvalue weighted by molar-refractivity contribution is 7.16. The van der Waals surface area contributed by atoms with E-state index >= 15 is 0 Å². The van der Waals surface area contributed by atoms with Crippen LogP contribution in [0.4, 0.5) is 10.1 Å². The molecule has 2 aromatic carbocycles. The van der Waals surface area contributed by atoms with Crippen LogP contribution in [0.15, 0.2) is 47.5 Å². The number of para-hydroxylation sites is 1. The fourth-order valence-electron chi connectivity index (χ4n) is 2.73. The van der Waals surface area contributed by atoms with E-state index in [1.807, 2.05) is 44.1 Å². The average Bonchev–Trinajstić information content (AvgIpc) is 3.00. The SMILES string of the molecule is CCOCCn1c(=NC(=O)c2ccc(N(C)C)cc2)sc2cccc(F)c21. The quantitative estimate of drug-likeness (QED) is 0.606. The Balaban J connectivity index is 2.02. The van der Waals surface area contributed by atoms with Crippen molar-refractivity contribution in [3.8, 4) is 0 Å². The van der Waals surface area contributed by atoms with Crippen LogP contribution in [0.5, 0.6) is 0 Å². The Hall–Kier alpha value is -2.51. The van der Waals surface area contributed by atoms with E-state index in [0.717, 1.165) is 10.4 Å². The fraction of sp³-hybridized carbons (Fsp3) is 0.300. The molecule has 0 aliphatic rings. The molecule has 3 aromatic rings. The summed E-state index contributed by atoms with van der Waals surface area (Å²) >= 11 is 1.30. The van der Waals surface area contributed by atoms with Gasteiger partial charge in [-0.05, 0) is 43.3 Å². The zero-order valence-electron chi connectivity index (χ0n) is 15.6. The third-order valence-electron chi connectivity index (χ3n) is 4.14. The minimum absolute atomic E-state index is 0.329. The van der Waals surface area contributed by atoms with E-state index < -0.39 is 0 Å². The van der Waals surface area contributed by atoms with Gasteiger partial charge in [-0.1, -0.05) is 17.4 Å². The minimum Gasteiger partial charge on any atom is -0.380 e. The lowest BCUT2D eigenvalue weighted by Crippen LogP contribution is -2.20. The Morgan fingerprint density at radius 2 is 1.96 bits per heavy atom. The summed E-state index contributed by atoms with van der Waals surface area (Å²) in [5.41, 5.74) is 1.95. The second-order valence-corrected chi connectivity index (χ2v) is 7.19. The normalized spacial score (nSPS) is 11.9. The van der Waals surface area contributed by atoms with Gasteiger partial charge in [-0.15, -0.1) is 0 Å². The number of carbonyl (C=O) groups is 1. The molecule has 0 radical (unpaired) electrons. The monoisotopic (exact) mass is 387 g/mol. The summed E-state index contributed by atoms with van der Waals surface area (Å²) in [6.07, 6.45) is 0. The van der Waals surface area contributed by atoms with Crippen LogP contribution in [0, 0.1) is 5.82 Å². The summed E-state index contributed by atoms with van der Waals surface area (Å²) in [6, 6.07) is 12.1. The van der Waals surface area contributed by atoms with Gasteiger partial charge >= 0.3 is 0 Å². The van der Waals surface area contributed by atoms with Crippen molar-refractivity contribution in [1.82, 2.24) is 4.57 Å². The van der Waals surface area contributed by atoms with Gasteiger partial charge in [0.2, 0.25) is 0 Å². The van der Waals surface area contributed by atoms with E-state index in [1.54, 1.807) is 22.8 Å². The maximum absolute atomic E-state index is 14.4. The summed E-state index contributed by atoms with van der Waals surface area (Å²) in [7, 11) is 3.88. The number of hydrogen-bond acceptors (Lipinski definition) is 4. The topological polar surface area (TPSA) is 46.8 Å². The molecule has 3 rings (SSSR count). The summed E-state index contributed by atoms with van der Waals surface area (Å²) < 4.78 is 22.2. The highest BCUT2D eigenvalue weighted by Gasteiger charge is 2.12. The number of anilines is 1. The van der Waals surface area contributed by atoms with Crippen LogP contribution in [0.2, 0.25) is 0 Å². The first-order chi connectivity index (χ1) is 13.0. The number of thiazole rings is 1. The van der Waals surface area contributed by atoms with Gasteiger partial charge in [0.05, 0.1) is 16.8 Å². The number of halogens is 1. The molecule has 7 heteroatoms. The number of fused-ring (bicyclic) bond motifs is 1. The van der Waals surface area contributed by atoms with Crippen molar-refractivity contribution in [2.24, 2.45) is 4.99 Å². The maximum Gasteiger partial charge on any atom is 0.279 e. The van der Waals surface area contributed by atoms with Crippen LogP contribution in [-0.4, -0.2) is 37.8 Å². The van der Waals surface area contributed by atoms with Crippen molar-refractivity contribution < 1.29 is 13.9 Å². The van der Waals surface area contributed by atoms with Gasteiger partial charge in [-0.2, -0.15) is 4.99 Å². The van der Waals surface area contributed by atoms with Crippen LogP contribution in [0.3, 0.4) is 0 Å². The molecule has 0 atom stereocenters. The molecule has 0 bridgehead atoms. The van der Waals surface area contributed by atoms with Gasteiger partial charge in [0, 0.05) is 38.5 Å². The molecule has 1 heterocycles. The zero-order chi connectivity index (χ0) is 19.4. The lowest BCUT2D eigenvalue weighted by atomic mass is 10.2. The van der Waals surface area contributed by atoms with Gasteiger partial charge in [0.25, 0.3) is 5.91 Å². The highest BCUT2D eigenvalue weighted by Crippen LogP contribution is 2.20. The largest absolute Gasteiger partial charge is 0.380 e. The second-order valence-electron chi connectivity index (χ2n) is 6.18. The Bertz CT molecular complexity index is 1010.